The third-order valence-corrected chi connectivity index (χ3v) is 6.82. The van der Waals surface area contributed by atoms with E-state index < -0.39 is 0 Å². The highest BCUT2D eigenvalue weighted by molar-refractivity contribution is 9.10. The van der Waals surface area contributed by atoms with E-state index in [1.807, 2.05) is 60.7 Å². The van der Waals surface area contributed by atoms with E-state index in [4.69, 9.17) is 16.6 Å². The number of unbranched alkanes of at least 4 members (excludes halogenated alkanes) is 1. The monoisotopic (exact) mass is 543 g/mol. The minimum Gasteiger partial charge on any atom is -0.370 e. The van der Waals surface area contributed by atoms with Crippen LogP contribution in [0, 0.1) is 0 Å². The van der Waals surface area contributed by atoms with Gasteiger partial charge >= 0.3 is 0 Å². The Kier molecular flexibility index (Phi) is 8.25. The van der Waals surface area contributed by atoms with Gasteiger partial charge in [-0.1, -0.05) is 48.0 Å². The normalized spacial score (nSPS) is 11.0. The molecule has 0 saturated heterocycles. The van der Waals surface area contributed by atoms with Crippen LogP contribution < -0.4 is 10.6 Å². The van der Waals surface area contributed by atoms with Crippen molar-refractivity contribution in [3.63, 3.8) is 0 Å². The van der Waals surface area contributed by atoms with Crippen LogP contribution in [0.25, 0.3) is 16.9 Å². The molecule has 4 rings (SSSR count). The molecule has 2 N–H and O–H groups in total. The Bertz CT molecular complexity index is 1230. The number of aromatic nitrogens is 3. The van der Waals surface area contributed by atoms with Crippen molar-refractivity contribution in [2.75, 3.05) is 24.2 Å². The number of thioether (sulfide) groups is 1. The molecule has 0 fully saturated rings. The first kappa shape index (κ1) is 23.6. The Balaban J connectivity index is 1.29. The number of halogens is 2. The van der Waals surface area contributed by atoms with Gasteiger partial charge in [-0.3, -0.25) is 4.79 Å². The summed E-state index contributed by atoms with van der Waals surface area (Å²) < 4.78 is 2.59. The number of nitrogens with zero attached hydrogens (tertiary/aromatic N) is 3. The lowest BCUT2D eigenvalue weighted by Gasteiger charge is -2.12. The van der Waals surface area contributed by atoms with Crippen LogP contribution in [0.1, 0.15) is 12.8 Å². The number of benzene rings is 2. The van der Waals surface area contributed by atoms with E-state index in [-0.39, 0.29) is 5.91 Å². The molecule has 6 nitrogen and oxygen atoms in total. The molecule has 0 bridgehead atoms. The lowest BCUT2D eigenvalue weighted by atomic mass is 10.1. The number of nitrogens with one attached hydrogen (secondary N) is 2. The fraction of sp³-hybridized carbons (Fsp3) is 0.208. The molecule has 0 aliphatic rings. The predicted molar refractivity (Wildman–Crippen MR) is 139 cm³/mol. The molecule has 0 spiro atoms. The van der Waals surface area contributed by atoms with Crippen molar-refractivity contribution in [3.8, 4) is 11.3 Å². The molecule has 2 aromatic carbocycles. The second-order valence-corrected chi connectivity index (χ2v) is 9.63. The van der Waals surface area contributed by atoms with Gasteiger partial charge in [-0.2, -0.15) is 9.61 Å². The second kappa shape index (κ2) is 11.5. The molecule has 0 aliphatic heterocycles. The molecule has 0 atom stereocenters. The molecule has 0 radical (unpaired) electrons. The van der Waals surface area contributed by atoms with Crippen molar-refractivity contribution in [3.05, 3.63) is 76.4 Å². The van der Waals surface area contributed by atoms with Crippen LogP contribution in [-0.2, 0) is 4.79 Å². The number of carbonyl (C=O) groups excluding carboxylic acids is 1. The smallest absolute Gasteiger partial charge is 0.230 e. The molecule has 2 aromatic heterocycles. The molecule has 0 unspecified atom stereocenters. The molecule has 170 valence electrons. The Hall–Kier alpha value is -2.55. The number of rotatable bonds is 10. The summed E-state index contributed by atoms with van der Waals surface area (Å²) in [6, 6.07) is 19.5. The average Bonchev–Trinajstić information content (AvgIpc) is 3.21. The van der Waals surface area contributed by atoms with Crippen LogP contribution in [0.2, 0.25) is 5.02 Å². The van der Waals surface area contributed by atoms with Crippen molar-refractivity contribution >= 4 is 56.7 Å². The summed E-state index contributed by atoms with van der Waals surface area (Å²) >= 11 is 11.5. The Morgan fingerprint density at radius 3 is 2.64 bits per heavy atom. The van der Waals surface area contributed by atoms with Crippen molar-refractivity contribution < 1.29 is 4.79 Å². The second-order valence-electron chi connectivity index (χ2n) is 7.32. The van der Waals surface area contributed by atoms with E-state index in [2.05, 4.69) is 31.7 Å². The van der Waals surface area contributed by atoms with Gasteiger partial charge in [0.1, 0.15) is 5.82 Å². The maximum atomic E-state index is 12.0. The quantitative estimate of drug-likeness (QED) is 0.192. The third kappa shape index (κ3) is 6.28. The van der Waals surface area contributed by atoms with E-state index in [1.54, 1.807) is 22.5 Å². The predicted octanol–water partition coefficient (Wildman–Crippen LogP) is 5.91. The number of fused-ring (bicyclic) bond motifs is 1. The zero-order valence-electron chi connectivity index (χ0n) is 17.8. The SMILES string of the molecule is O=C(CSc1ccccc1)NCCCCNc1cc(-c2ccccc2Cl)nc2c(Br)cnn12. The van der Waals surface area contributed by atoms with Crippen LogP contribution in [0.5, 0.6) is 0 Å². The van der Waals surface area contributed by atoms with Gasteiger partial charge in [0.25, 0.3) is 0 Å². The Morgan fingerprint density at radius 1 is 1.06 bits per heavy atom. The summed E-state index contributed by atoms with van der Waals surface area (Å²) in [5, 5.41) is 11.5. The zero-order chi connectivity index (χ0) is 23.0. The van der Waals surface area contributed by atoms with Crippen molar-refractivity contribution in [1.82, 2.24) is 19.9 Å². The summed E-state index contributed by atoms with van der Waals surface area (Å²) in [6.45, 7) is 1.40. The van der Waals surface area contributed by atoms with E-state index >= 15 is 0 Å². The van der Waals surface area contributed by atoms with Crippen LogP contribution in [0.15, 0.2) is 76.2 Å². The number of carbonyl (C=O) groups is 1. The highest BCUT2D eigenvalue weighted by Crippen LogP contribution is 2.30. The molecule has 33 heavy (non-hydrogen) atoms. The first-order valence-corrected chi connectivity index (χ1v) is 12.7. The molecule has 2 heterocycles. The first-order valence-electron chi connectivity index (χ1n) is 10.6. The number of anilines is 1. The van der Waals surface area contributed by atoms with Crippen molar-refractivity contribution in [2.45, 2.75) is 17.7 Å². The molecular formula is C24H23BrClN5OS. The van der Waals surface area contributed by atoms with E-state index in [9.17, 15) is 4.79 Å². The number of hydrogen-bond donors (Lipinski definition) is 2. The van der Waals surface area contributed by atoms with Gasteiger partial charge in [0.15, 0.2) is 5.65 Å². The highest BCUT2D eigenvalue weighted by atomic mass is 79.9. The summed E-state index contributed by atoms with van der Waals surface area (Å²) in [5.74, 6) is 1.32. The largest absolute Gasteiger partial charge is 0.370 e. The molecular weight excluding hydrogens is 522 g/mol. The van der Waals surface area contributed by atoms with E-state index in [1.165, 1.54) is 0 Å². The molecule has 0 aliphatic carbocycles. The van der Waals surface area contributed by atoms with Crippen molar-refractivity contribution in [2.24, 2.45) is 0 Å². The van der Waals surface area contributed by atoms with Gasteiger partial charge in [-0.05, 0) is 47.0 Å². The lowest BCUT2D eigenvalue weighted by molar-refractivity contribution is -0.118. The third-order valence-electron chi connectivity index (χ3n) is 4.92. The zero-order valence-corrected chi connectivity index (χ0v) is 21.0. The number of amides is 1. The van der Waals surface area contributed by atoms with Gasteiger partial charge in [-0.15, -0.1) is 11.8 Å². The Morgan fingerprint density at radius 2 is 1.82 bits per heavy atom. The minimum atomic E-state index is 0.0541. The standard InChI is InChI=1S/C24H23BrClN5OS/c25-19-15-29-31-22(14-21(30-24(19)31)18-10-4-5-11-20(18)26)27-12-6-7-13-28-23(32)16-33-17-8-2-1-3-9-17/h1-5,8-11,14-15,27H,6-7,12-13,16H2,(H,28,32). The molecule has 4 aromatic rings. The van der Waals surface area contributed by atoms with Crippen LogP contribution in [-0.4, -0.2) is 39.3 Å². The summed E-state index contributed by atoms with van der Waals surface area (Å²) in [5.41, 5.74) is 2.37. The van der Waals surface area contributed by atoms with Gasteiger partial charge in [0, 0.05) is 34.6 Å². The highest BCUT2D eigenvalue weighted by Gasteiger charge is 2.13. The van der Waals surface area contributed by atoms with Gasteiger partial charge < -0.3 is 10.6 Å². The summed E-state index contributed by atoms with van der Waals surface area (Å²) in [7, 11) is 0. The van der Waals surface area contributed by atoms with Crippen LogP contribution >= 0.6 is 39.3 Å². The summed E-state index contributed by atoms with van der Waals surface area (Å²) in [4.78, 5) is 17.9. The number of hydrogen-bond acceptors (Lipinski definition) is 5. The summed E-state index contributed by atoms with van der Waals surface area (Å²) in [6.07, 6.45) is 3.51. The van der Waals surface area contributed by atoms with Crippen molar-refractivity contribution in [1.29, 1.82) is 0 Å². The maximum absolute atomic E-state index is 12.0. The van der Waals surface area contributed by atoms with Gasteiger partial charge in [0.05, 0.1) is 22.1 Å². The van der Waals surface area contributed by atoms with Gasteiger partial charge in [-0.25, -0.2) is 4.98 Å². The molecule has 1 amide bonds. The average molecular weight is 545 g/mol. The Labute approximate surface area is 210 Å². The van der Waals surface area contributed by atoms with Crippen LogP contribution in [0.3, 0.4) is 0 Å². The lowest BCUT2D eigenvalue weighted by Crippen LogP contribution is -2.26. The minimum absolute atomic E-state index is 0.0541. The first-order chi connectivity index (χ1) is 16.1. The van der Waals surface area contributed by atoms with E-state index in [0.717, 1.165) is 51.5 Å². The van der Waals surface area contributed by atoms with E-state index in [0.29, 0.717) is 17.3 Å². The fourth-order valence-corrected chi connectivity index (χ4v) is 4.61. The molecule has 0 saturated carbocycles. The fourth-order valence-electron chi connectivity index (χ4n) is 3.28. The maximum Gasteiger partial charge on any atom is 0.230 e. The van der Waals surface area contributed by atoms with Gasteiger partial charge in [0.2, 0.25) is 5.91 Å². The van der Waals surface area contributed by atoms with Crippen LogP contribution in [0.4, 0.5) is 5.82 Å². The molecule has 9 heteroatoms. The topological polar surface area (TPSA) is 71.3 Å².